The Labute approximate surface area is 118 Å². The van der Waals surface area contributed by atoms with Gasteiger partial charge in [-0.05, 0) is 24.5 Å². The molecule has 2 aromatic rings. The van der Waals surface area contributed by atoms with Crippen LogP contribution >= 0.6 is 0 Å². The minimum absolute atomic E-state index is 0.363. The highest BCUT2D eigenvalue weighted by Crippen LogP contribution is 2.25. The number of carbonyl (C=O) groups excluding carboxylic acids is 1. The molecule has 0 spiro atoms. The first-order valence-electron chi connectivity index (χ1n) is 6.68. The van der Waals surface area contributed by atoms with Gasteiger partial charge in [0.05, 0.1) is 12.8 Å². The molecule has 0 N–H and O–H groups in total. The number of hydrogen-bond acceptors (Lipinski definition) is 4. The summed E-state index contributed by atoms with van der Waals surface area (Å²) >= 11 is 0. The Morgan fingerprint density at radius 2 is 2.20 bits per heavy atom. The normalized spacial score (nSPS) is 10.8. The lowest BCUT2D eigenvalue weighted by Crippen LogP contribution is -2.05. The quantitative estimate of drug-likeness (QED) is 0.759. The molecule has 0 saturated heterocycles. The van der Waals surface area contributed by atoms with E-state index in [-0.39, 0.29) is 0 Å². The molecule has 0 aliphatic carbocycles. The maximum Gasteiger partial charge on any atom is 0.172 e. The molecule has 1 heterocycles. The summed E-state index contributed by atoms with van der Waals surface area (Å²) in [5, 5.41) is 8.03. The van der Waals surface area contributed by atoms with Crippen LogP contribution in [0.2, 0.25) is 0 Å². The van der Waals surface area contributed by atoms with Gasteiger partial charge in [0.2, 0.25) is 0 Å². The summed E-state index contributed by atoms with van der Waals surface area (Å²) in [5.74, 6) is 1.31. The Morgan fingerprint density at radius 1 is 1.40 bits per heavy atom. The molecule has 2 rings (SSSR count). The Bertz CT molecular complexity index is 591. The Kier molecular flexibility index (Phi) is 4.50. The molecule has 106 valence electrons. The average Bonchev–Trinajstić information content (AvgIpc) is 2.88. The van der Waals surface area contributed by atoms with Gasteiger partial charge in [0.25, 0.3) is 0 Å². The molecule has 0 amide bonds. The second kappa shape index (κ2) is 6.32. The number of nitrogens with zero attached hydrogens (tertiary/aromatic N) is 3. The van der Waals surface area contributed by atoms with E-state index in [1.54, 1.807) is 11.8 Å². The lowest BCUT2D eigenvalue weighted by atomic mass is 10.1. The van der Waals surface area contributed by atoms with Crippen molar-refractivity contribution in [1.29, 1.82) is 0 Å². The van der Waals surface area contributed by atoms with Crippen molar-refractivity contribution in [2.45, 2.75) is 26.8 Å². The standard InChI is InChI=1S/C15H19N3O2/c1-11(2)7-8-18-15(14(10-19)16-17-18)12-5-4-6-13(9-12)20-3/h4-6,9-11H,7-8H2,1-3H3. The van der Waals surface area contributed by atoms with Crippen LogP contribution in [0.5, 0.6) is 5.75 Å². The van der Waals surface area contributed by atoms with E-state index in [1.165, 1.54) is 0 Å². The Morgan fingerprint density at radius 3 is 2.85 bits per heavy atom. The maximum atomic E-state index is 11.2. The van der Waals surface area contributed by atoms with Crippen molar-refractivity contribution in [2.24, 2.45) is 5.92 Å². The van der Waals surface area contributed by atoms with Gasteiger partial charge < -0.3 is 4.74 Å². The smallest absolute Gasteiger partial charge is 0.172 e. The molecule has 0 unspecified atom stereocenters. The summed E-state index contributed by atoms with van der Waals surface area (Å²) in [6, 6.07) is 7.58. The first-order chi connectivity index (χ1) is 9.65. The minimum atomic E-state index is 0.363. The van der Waals surface area contributed by atoms with E-state index < -0.39 is 0 Å². The highest BCUT2D eigenvalue weighted by molar-refractivity contribution is 5.83. The van der Waals surface area contributed by atoms with Gasteiger partial charge in [-0.3, -0.25) is 4.79 Å². The number of methoxy groups -OCH3 is 1. The van der Waals surface area contributed by atoms with E-state index in [1.807, 2.05) is 24.3 Å². The monoisotopic (exact) mass is 273 g/mol. The molecule has 0 fully saturated rings. The molecule has 5 heteroatoms. The summed E-state index contributed by atoms with van der Waals surface area (Å²) in [5.41, 5.74) is 2.00. The molecular weight excluding hydrogens is 254 g/mol. The van der Waals surface area contributed by atoms with Crippen LogP contribution < -0.4 is 4.74 Å². The van der Waals surface area contributed by atoms with Gasteiger partial charge >= 0.3 is 0 Å². The molecule has 5 nitrogen and oxygen atoms in total. The van der Waals surface area contributed by atoms with E-state index >= 15 is 0 Å². The third-order valence-electron chi connectivity index (χ3n) is 3.13. The fraction of sp³-hybridized carbons (Fsp3) is 0.400. The highest BCUT2D eigenvalue weighted by Gasteiger charge is 2.15. The van der Waals surface area contributed by atoms with Crippen molar-refractivity contribution in [3.05, 3.63) is 30.0 Å². The average molecular weight is 273 g/mol. The highest BCUT2D eigenvalue weighted by atomic mass is 16.5. The molecule has 0 radical (unpaired) electrons. The van der Waals surface area contributed by atoms with Gasteiger partial charge in [0, 0.05) is 12.1 Å². The summed E-state index contributed by atoms with van der Waals surface area (Å²) in [7, 11) is 1.62. The van der Waals surface area contributed by atoms with Crippen LogP contribution in [-0.4, -0.2) is 28.4 Å². The zero-order valence-corrected chi connectivity index (χ0v) is 12.0. The molecule has 1 aromatic heterocycles. The molecular formula is C15H19N3O2. The zero-order chi connectivity index (χ0) is 14.5. The molecule has 0 aliphatic heterocycles. The van der Waals surface area contributed by atoms with Gasteiger partial charge in [0.1, 0.15) is 5.75 Å². The largest absolute Gasteiger partial charge is 0.497 e. The topological polar surface area (TPSA) is 57.0 Å². The number of aromatic nitrogens is 3. The minimum Gasteiger partial charge on any atom is -0.497 e. The van der Waals surface area contributed by atoms with E-state index in [0.717, 1.165) is 36.3 Å². The predicted octanol–water partition coefficient (Wildman–Crippen LogP) is 2.81. The summed E-state index contributed by atoms with van der Waals surface area (Å²) in [6.07, 6.45) is 1.73. The first-order valence-corrected chi connectivity index (χ1v) is 6.68. The van der Waals surface area contributed by atoms with Gasteiger partial charge in [-0.15, -0.1) is 5.10 Å². The fourth-order valence-corrected chi connectivity index (χ4v) is 2.01. The van der Waals surface area contributed by atoms with Crippen LogP contribution in [0, 0.1) is 5.92 Å². The number of carbonyl (C=O) groups is 1. The number of aryl methyl sites for hydroxylation is 1. The molecule has 0 atom stereocenters. The lowest BCUT2D eigenvalue weighted by molar-refractivity contribution is 0.111. The molecule has 0 aliphatic rings. The Hall–Kier alpha value is -2.17. The summed E-state index contributed by atoms with van der Waals surface area (Å²) < 4.78 is 7.02. The van der Waals surface area contributed by atoms with Crippen molar-refractivity contribution in [2.75, 3.05) is 7.11 Å². The van der Waals surface area contributed by atoms with Crippen LogP contribution in [0.3, 0.4) is 0 Å². The zero-order valence-electron chi connectivity index (χ0n) is 12.0. The van der Waals surface area contributed by atoms with E-state index in [0.29, 0.717) is 11.6 Å². The summed E-state index contributed by atoms with van der Waals surface area (Å²) in [6.45, 7) is 5.05. The molecule has 0 saturated carbocycles. The van der Waals surface area contributed by atoms with Crippen LogP contribution in [0.1, 0.15) is 30.8 Å². The van der Waals surface area contributed by atoms with Crippen molar-refractivity contribution >= 4 is 6.29 Å². The number of aldehydes is 1. The SMILES string of the molecule is COc1cccc(-c2c(C=O)nnn2CCC(C)C)c1. The lowest BCUT2D eigenvalue weighted by Gasteiger charge is -2.09. The predicted molar refractivity (Wildman–Crippen MR) is 76.9 cm³/mol. The number of rotatable bonds is 6. The molecule has 0 bridgehead atoms. The first kappa shape index (κ1) is 14.2. The van der Waals surface area contributed by atoms with E-state index in [4.69, 9.17) is 4.74 Å². The van der Waals surface area contributed by atoms with Crippen LogP contribution in [0.15, 0.2) is 24.3 Å². The van der Waals surface area contributed by atoms with Crippen molar-refractivity contribution in [3.8, 4) is 17.0 Å². The number of benzene rings is 1. The number of ether oxygens (including phenoxy) is 1. The molecule has 20 heavy (non-hydrogen) atoms. The van der Waals surface area contributed by atoms with Gasteiger partial charge in [-0.25, -0.2) is 4.68 Å². The van der Waals surface area contributed by atoms with Crippen LogP contribution in [-0.2, 0) is 6.54 Å². The summed E-state index contributed by atoms with van der Waals surface area (Å²) in [4.78, 5) is 11.2. The third-order valence-corrected chi connectivity index (χ3v) is 3.13. The van der Waals surface area contributed by atoms with Gasteiger partial charge in [-0.1, -0.05) is 31.2 Å². The molecule has 1 aromatic carbocycles. The van der Waals surface area contributed by atoms with Crippen molar-refractivity contribution in [3.63, 3.8) is 0 Å². The van der Waals surface area contributed by atoms with Crippen molar-refractivity contribution in [1.82, 2.24) is 15.0 Å². The fourth-order valence-electron chi connectivity index (χ4n) is 2.01. The van der Waals surface area contributed by atoms with E-state index in [9.17, 15) is 4.79 Å². The van der Waals surface area contributed by atoms with Crippen molar-refractivity contribution < 1.29 is 9.53 Å². The van der Waals surface area contributed by atoms with Gasteiger partial charge in [-0.2, -0.15) is 0 Å². The van der Waals surface area contributed by atoms with Crippen LogP contribution in [0.25, 0.3) is 11.3 Å². The second-order valence-electron chi connectivity index (χ2n) is 5.08. The number of hydrogen-bond donors (Lipinski definition) is 0. The third kappa shape index (κ3) is 3.04. The van der Waals surface area contributed by atoms with Crippen LogP contribution in [0.4, 0.5) is 0 Å². The van der Waals surface area contributed by atoms with E-state index in [2.05, 4.69) is 24.2 Å². The maximum absolute atomic E-state index is 11.2. The Balaban J connectivity index is 2.41. The van der Waals surface area contributed by atoms with Gasteiger partial charge in [0.15, 0.2) is 12.0 Å². The second-order valence-corrected chi connectivity index (χ2v) is 5.08.